The van der Waals surface area contributed by atoms with Gasteiger partial charge < -0.3 is 5.11 Å². The molecule has 0 fully saturated rings. The summed E-state index contributed by atoms with van der Waals surface area (Å²) in [6.45, 7) is 2.11. The molecule has 0 amide bonds. The normalized spacial score (nSPS) is 12.1. The first-order chi connectivity index (χ1) is 13.6. The summed E-state index contributed by atoms with van der Waals surface area (Å²) >= 11 is 0. The quantitative estimate of drug-likeness (QED) is 0.408. The van der Waals surface area contributed by atoms with Crippen LogP contribution in [0.2, 0.25) is 0 Å². The maximum Gasteiger partial charge on any atom is 0.328 e. The van der Waals surface area contributed by atoms with Crippen molar-refractivity contribution in [1.82, 2.24) is 0 Å². The molecule has 0 radical (unpaired) electrons. The topological polar surface area (TPSA) is 37.3 Å². The number of carboxylic acids is 1. The molecule has 3 rings (SSSR count). The Morgan fingerprint density at radius 3 is 1.96 bits per heavy atom. The second-order valence-electron chi connectivity index (χ2n) is 6.37. The Kier molecular flexibility index (Phi) is 6.18. The van der Waals surface area contributed by atoms with Gasteiger partial charge in [-0.25, -0.2) is 9.18 Å². The van der Waals surface area contributed by atoms with Crippen LogP contribution in [-0.2, 0) is 4.79 Å². The first-order valence-corrected chi connectivity index (χ1v) is 9.14. The third-order valence-corrected chi connectivity index (χ3v) is 4.53. The standard InChI is InChI=1S/C25H21FO2/c1-2-23(19-6-4-3-5-7-19)25(21-13-15-22(26)16-14-21)20-11-8-18(9-12-20)10-17-24(27)28/h3-17H,2H2,1H3,(H,27,28). The Labute approximate surface area is 164 Å². The fourth-order valence-electron chi connectivity index (χ4n) is 3.22. The van der Waals surface area contributed by atoms with E-state index >= 15 is 0 Å². The predicted molar refractivity (Wildman–Crippen MR) is 112 cm³/mol. The zero-order valence-corrected chi connectivity index (χ0v) is 15.6. The van der Waals surface area contributed by atoms with Gasteiger partial charge in [0.1, 0.15) is 5.82 Å². The van der Waals surface area contributed by atoms with Crippen LogP contribution in [0, 0.1) is 5.82 Å². The van der Waals surface area contributed by atoms with E-state index in [4.69, 9.17) is 5.11 Å². The van der Waals surface area contributed by atoms with E-state index in [1.807, 2.05) is 42.5 Å². The van der Waals surface area contributed by atoms with E-state index < -0.39 is 5.97 Å². The molecule has 0 heterocycles. The number of halogens is 1. The van der Waals surface area contributed by atoms with Gasteiger partial charge in [-0.1, -0.05) is 73.7 Å². The molecule has 0 spiro atoms. The molecule has 0 saturated carbocycles. The number of hydrogen-bond acceptors (Lipinski definition) is 1. The Morgan fingerprint density at radius 2 is 1.43 bits per heavy atom. The van der Waals surface area contributed by atoms with Gasteiger partial charge in [0.25, 0.3) is 0 Å². The van der Waals surface area contributed by atoms with Crippen LogP contribution >= 0.6 is 0 Å². The largest absolute Gasteiger partial charge is 0.478 e. The van der Waals surface area contributed by atoms with E-state index in [9.17, 15) is 9.18 Å². The average molecular weight is 372 g/mol. The summed E-state index contributed by atoms with van der Waals surface area (Å²) < 4.78 is 13.5. The third kappa shape index (κ3) is 4.63. The van der Waals surface area contributed by atoms with Crippen molar-refractivity contribution in [2.24, 2.45) is 0 Å². The first kappa shape index (κ1) is 19.3. The lowest BCUT2D eigenvalue weighted by molar-refractivity contribution is -0.131. The van der Waals surface area contributed by atoms with E-state index in [0.29, 0.717) is 0 Å². The lowest BCUT2D eigenvalue weighted by Gasteiger charge is -2.16. The van der Waals surface area contributed by atoms with Gasteiger partial charge in [0.15, 0.2) is 0 Å². The number of benzene rings is 3. The van der Waals surface area contributed by atoms with E-state index in [2.05, 4.69) is 19.1 Å². The fourth-order valence-corrected chi connectivity index (χ4v) is 3.22. The Morgan fingerprint density at radius 1 is 0.857 bits per heavy atom. The van der Waals surface area contributed by atoms with Crippen molar-refractivity contribution in [3.63, 3.8) is 0 Å². The third-order valence-electron chi connectivity index (χ3n) is 4.53. The first-order valence-electron chi connectivity index (χ1n) is 9.14. The van der Waals surface area contributed by atoms with Crippen molar-refractivity contribution < 1.29 is 14.3 Å². The highest BCUT2D eigenvalue weighted by atomic mass is 19.1. The number of carbonyl (C=O) groups is 1. The zero-order chi connectivity index (χ0) is 19.9. The average Bonchev–Trinajstić information content (AvgIpc) is 2.72. The molecule has 0 aromatic heterocycles. The van der Waals surface area contributed by atoms with E-state index in [1.54, 1.807) is 18.2 Å². The molecule has 0 aliphatic carbocycles. The molecular formula is C25H21FO2. The molecule has 2 nitrogen and oxygen atoms in total. The second kappa shape index (κ2) is 8.96. The maximum absolute atomic E-state index is 13.5. The molecule has 3 heteroatoms. The SMILES string of the molecule is CCC(=C(c1ccc(F)cc1)c1ccc(C=CC(=O)O)cc1)c1ccccc1. The molecule has 0 saturated heterocycles. The van der Waals surface area contributed by atoms with Crippen LogP contribution in [0.4, 0.5) is 4.39 Å². The van der Waals surface area contributed by atoms with Crippen molar-refractivity contribution in [3.8, 4) is 0 Å². The Balaban J connectivity index is 2.15. The van der Waals surface area contributed by atoms with Gasteiger partial charge in [-0.05, 0) is 58.0 Å². The van der Waals surface area contributed by atoms with Gasteiger partial charge in [-0.15, -0.1) is 0 Å². The molecule has 1 N–H and O–H groups in total. The molecule has 140 valence electrons. The minimum atomic E-state index is -0.978. The highest BCUT2D eigenvalue weighted by molar-refractivity contribution is 5.98. The highest BCUT2D eigenvalue weighted by Crippen LogP contribution is 2.34. The molecule has 0 bridgehead atoms. The molecule has 3 aromatic rings. The van der Waals surface area contributed by atoms with Crippen LogP contribution in [-0.4, -0.2) is 11.1 Å². The van der Waals surface area contributed by atoms with Crippen LogP contribution in [0.1, 0.15) is 35.6 Å². The van der Waals surface area contributed by atoms with E-state index in [-0.39, 0.29) is 5.82 Å². The lowest BCUT2D eigenvalue weighted by atomic mass is 9.88. The van der Waals surface area contributed by atoms with Crippen LogP contribution in [0.25, 0.3) is 17.2 Å². The zero-order valence-electron chi connectivity index (χ0n) is 15.6. The van der Waals surface area contributed by atoms with Crippen molar-refractivity contribution in [2.45, 2.75) is 13.3 Å². The van der Waals surface area contributed by atoms with Gasteiger partial charge in [-0.2, -0.15) is 0 Å². The number of carboxylic acid groups (broad SMARTS) is 1. The van der Waals surface area contributed by atoms with Crippen molar-refractivity contribution in [3.05, 3.63) is 113 Å². The van der Waals surface area contributed by atoms with Gasteiger partial charge in [0.05, 0.1) is 0 Å². The maximum atomic E-state index is 13.5. The minimum absolute atomic E-state index is 0.269. The summed E-state index contributed by atoms with van der Waals surface area (Å²) in [5.41, 5.74) is 6.08. The van der Waals surface area contributed by atoms with E-state index in [1.165, 1.54) is 17.7 Å². The fraction of sp³-hybridized carbons (Fsp3) is 0.0800. The summed E-state index contributed by atoms with van der Waals surface area (Å²) in [5, 5.41) is 8.79. The smallest absolute Gasteiger partial charge is 0.328 e. The van der Waals surface area contributed by atoms with Crippen LogP contribution < -0.4 is 0 Å². The van der Waals surface area contributed by atoms with Crippen molar-refractivity contribution in [1.29, 1.82) is 0 Å². The predicted octanol–water partition coefficient (Wildman–Crippen LogP) is 6.29. The summed E-state index contributed by atoms with van der Waals surface area (Å²) in [5.74, 6) is -1.25. The van der Waals surface area contributed by atoms with Gasteiger partial charge in [0.2, 0.25) is 0 Å². The number of aliphatic carboxylic acids is 1. The Hall–Kier alpha value is -3.46. The van der Waals surface area contributed by atoms with Gasteiger partial charge in [0, 0.05) is 6.08 Å². The number of rotatable bonds is 6. The summed E-state index contributed by atoms with van der Waals surface area (Å²) in [6.07, 6.45) is 3.50. The van der Waals surface area contributed by atoms with Gasteiger partial charge in [-0.3, -0.25) is 0 Å². The Bertz CT molecular complexity index is 999. The molecule has 0 unspecified atom stereocenters. The van der Waals surface area contributed by atoms with Gasteiger partial charge >= 0.3 is 5.97 Å². The molecule has 0 aliphatic rings. The van der Waals surface area contributed by atoms with Crippen LogP contribution in [0.5, 0.6) is 0 Å². The monoisotopic (exact) mass is 372 g/mol. The number of allylic oxidation sites excluding steroid dienone is 1. The van der Waals surface area contributed by atoms with Crippen molar-refractivity contribution in [2.75, 3.05) is 0 Å². The molecule has 28 heavy (non-hydrogen) atoms. The molecule has 3 aromatic carbocycles. The summed E-state index contributed by atoms with van der Waals surface area (Å²) in [6, 6.07) is 24.4. The van der Waals surface area contributed by atoms with Crippen LogP contribution in [0.15, 0.2) is 84.9 Å². The number of hydrogen-bond donors (Lipinski definition) is 1. The van der Waals surface area contributed by atoms with Crippen molar-refractivity contribution >= 4 is 23.2 Å². The lowest BCUT2D eigenvalue weighted by Crippen LogP contribution is -1.95. The second-order valence-corrected chi connectivity index (χ2v) is 6.37. The molecule has 0 atom stereocenters. The summed E-state index contributed by atoms with van der Waals surface area (Å²) in [7, 11) is 0. The summed E-state index contributed by atoms with van der Waals surface area (Å²) in [4.78, 5) is 10.7. The highest BCUT2D eigenvalue weighted by Gasteiger charge is 2.13. The van der Waals surface area contributed by atoms with E-state index in [0.717, 1.165) is 40.3 Å². The molecular weight excluding hydrogens is 351 g/mol. The van der Waals surface area contributed by atoms with Crippen LogP contribution in [0.3, 0.4) is 0 Å². The molecule has 0 aliphatic heterocycles. The minimum Gasteiger partial charge on any atom is -0.478 e.